The molecule has 0 bridgehead atoms. The SMILES string of the molecule is [2H]C([2H])([2H])C([2H])([2H])[C@H](OS(=O)(=O)c1ccc(C)cc1)[C@H](CCCCCCCCCCOCOC)OS(=O)(=O)c1ccc(C)cc1. The number of hydrogen-bond donors (Lipinski definition) is 0. The largest absolute Gasteiger partial charge is 0.359 e. The third-order valence-corrected chi connectivity index (χ3v) is 8.97. The summed E-state index contributed by atoms with van der Waals surface area (Å²) in [5.41, 5.74) is 1.54. The normalized spacial score (nSPS) is 16.3. The van der Waals surface area contributed by atoms with E-state index >= 15 is 0 Å². The minimum Gasteiger partial charge on any atom is -0.359 e. The highest BCUT2D eigenvalue weighted by molar-refractivity contribution is 7.87. The van der Waals surface area contributed by atoms with Crippen LogP contribution in [-0.4, -0.2) is 49.6 Å². The number of methoxy groups -OCH3 is 1. The van der Waals surface area contributed by atoms with Crippen molar-refractivity contribution in [2.24, 2.45) is 0 Å². The summed E-state index contributed by atoms with van der Waals surface area (Å²) in [6.07, 6.45) is -0.980. The Bertz CT molecular complexity index is 1360. The van der Waals surface area contributed by atoms with E-state index in [1.54, 1.807) is 33.1 Å². The molecule has 0 aromatic heterocycles. The molecule has 0 saturated heterocycles. The molecule has 0 amide bonds. The van der Waals surface area contributed by atoms with Gasteiger partial charge in [0.15, 0.2) is 0 Å². The zero-order valence-electron chi connectivity index (χ0n) is 28.6. The average Bonchev–Trinajstić information content (AvgIpc) is 2.95. The van der Waals surface area contributed by atoms with Gasteiger partial charge in [-0.05, 0) is 57.3 Å². The van der Waals surface area contributed by atoms with Gasteiger partial charge in [-0.1, -0.05) is 87.2 Å². The van der Waals surface area contributed by atoms with Gasteiger partial charge in [0.2, 0.25) is 0 Å². The summed E-state index contributed by atoms with van der Waals surface area (Å²) in [7, 11) is -7.72. The summed E-state index contributed by atoms with van der Waals surface area (Å²) in [5, 5.41) is 0. The van der Waals surface area contributed by atoms with Gasteiger partial charge in [0.25, 0.3) is 20.2 Å². The van der Waals surface area contributed by atoms with Gasteiger partial charge in [0, 0.05) is 20.6 Å². The van der Waals surface area contributed by atoms with Crippen molar-refractivity contribution >= 4 is 20.2 Å². The minimum absolute atomic E-state index is 0.161. The Morgan fingerprint density at radius 2 is 1.15 bits per heavy atom. The molecule has 2 aromatic carbocycles. The van der Waals surface area contributed by atoms with Crippen LogP contribution in [0.2, 0.25) is 0 Å². The van der Waals surface area contributed by atoms with Crippen molar-refractivity contribution < 1.29 is 41.5 Å². The second-order valence-electron chi connectivity index (χ2n) is 9.76. The smallest absolute Gasteiger partial charge is 0.297 e. The van der Waals surface area contributed by atoms with Gasteiger partial charge >= 0.3 is 0 Å². The highest BCUT2D eigenvalue weighted by Gasteiger charge is 2.32. The van der Waals surface area contributed by atoms with Crippen LogP contribution in [-0.2, 0) is 38.1 Å². The molecule has 226 valence electrons. The fraction of sp³-hybridized carbons (Fsp3) is 0.600. The fourth-order valence-corrected chi connectivity index (χ4v) is 6.13. The summed E-state index contributed by atoms with van der Waals surface area (Å²) >= 11 is 0. The van der Waals surface area contributed by atoms with E-state index in [-0.39, 0.29) is 23.0 Å². The quantitative estimate of drug-likeness (QED) is 0.0883. The summed E-state index contributed by atoms with van der Waals surface area (Å²) in [4.78, 5) is -0.565. The number of ether oxygens (including phenoxy) is 2. The summed E-state index contributed by atoms with van der Waals surface area (Å²) in [5.74, 6) is 0. The molecule has 8 nitrogen and oxygen atoms in total. The maximum absolute atomic E-state index is 13.3. The summed E-state index contributed by atoms with van der Waals surface area (Å²) in [6.45, 7) is 1.04. The molecule has 0 aliphatic carbocycles. The molecule has 10 heteroatoms. The first kappa shape index (κ1) is 27.0. The topological polar surface area (TPSA) is 105 Å². The monoisotopic (exact) mass is 603 g/mol. The van der Waals surface area contributed by atoms with E-state index in [9.17, 15) is 16.8 Å². The fourth-order valence-electron chi connectivity index (χ4n) is 4.00. The van der Waals surface area contributed by atoms with Crippen LogP contribution in [0.3, 0.4) is 0 Å². The Morgan fingerprint density at radius 1 is 0.700 bits per heavy atom. The number of hydrogen-bond acceptors (Lipinski definition) is 8. The van der Waals surface area contributed by atoms with Crippen LogP contribution in [0, 0.1) is 13.8 Å². The van der Waals surface area contributed by atoms with Crippen LogP contribution in [0.5, 0.6) is 0 Å². The van der Waals surface area contributed by atoms with Crippen molar-refractivity contribution in [1.82, 2.24) is 0 Å². The Morgan fingerprint density at radius 3 is 1.62 bits per heavy atom. The van der Waals surface area contributed by atoms with E-state index in [0.29, 0.717) is 19.4 Å². The summed E-state index contributed by atoms with van der Waals surface area (Å²) in [6, 6.07) is 11.2. The molecule has 0 aliphatic rings. The number of aryl methyl sites for hydroxylation is 2. The number of benzene rings is 2. The molecule has 0 spiro atoms. The van der Waals surface area contributed by atoms with Crippen molar-refractivity contribution in [3.63, 3.8) is 0 Å². The Labute approximate surface area is 248 Å². The molecule has 2 rings (SSSR count). The van der Waals surface area contributed by atoms with E-state index in [2.05, 4.69) is 0 Å². The maximum Gasteiger partial charge on any atom is 0.297 e. The third kappa shape index (κ3) is 12.4. The zero-order valence-corrected chi connectivity index (χ0v) is 25.3. The van der Waals surface area contributed by atoms with E-state index in [0.717, 1.165) is 49.7 Å². The first-order valence-electron chi connectivity index (χ1n) is 16.1. The molecule has 2 aromatic rings. The van der Waals surface area contributed by atoms with Crippen LogP contribution < -0.4 is 0 Å². The van der Waals surface area contributed by atoms with Gasteiger partial charge in [0.05, 0.1) is 9.79 Å². The van der Waals surface area contributed by atoms with Crippen molar-refractivity contribution in [3.05, 3.63) is 59.7 Å². The lowest BCUT2D eigenvalue weighted by Crippen LogP contribution is -2.35. The molecule has 0 aliphatic heterocycles. The van der Waals surface area contributed by atoms with Gasteiger partial charge in [0.1, 0.15) is 19.0 Å². The molecule has 0 radical (unpaired) electrons. The van der Waals surface area contributed by atoms with E-state index in [4.69, 9.17) is 24.7 Å². The van der Waals surface area contributed by atoms with Crippen molar-refractivity contribution in [1.29, 1.82) is 0 Å². The van der Waals surface area contributed by atoms with Crippen LogP contribution in [0.1, 0.15) is 89.0 Å². The highest BCUT2D eigenvalue weighted by Crippen LogP contribution is 2.26. The first-order valence-corrected chi connectivity index (χ1v) is 16.4. The molecule has 0 unspecified atom stereocenters. The minimum atomic E-state index is -4.73. The molecule has 2 atom stereocenters. The van der Waals surface area contributed by atoms with Gasteiger partial charge in [-0.3, -0.25) is 8.37 Å². The lowest BCUT2D eigenvalue weighted by molar-refractivity contribution is -0.0315. The standard InChI is InChI=1S/C30H46O8S2/c1-5-29(37-39(31,32)27-19-15-25(2)16-20-27)30(38-40(33,34)28-21-17-26(3)18-22-28)14-12-10-8-6-7-9-11-13-23-36-24-35-4/h15-22,29-30H,5-14,23-24H2,1-4H3/t29-,30-/m0/s1/i1D3,5D2. The Balaban J connectivity index is 2.26. The molecular weight excluding hydrogens is 552 g/mol. The van der Waals surface area contributed by atoms with E-state index < -0.39 is 45.7 Å². The van der Waals surface area contributed by atoms with E-state index in [1.807, 2.05) is 0 Å². The first-order chi connectivity index (χ1) is 21.0. The second kappa shape index (κ2) is 17.9. The average molecular weight is 604 g/mol. The van der Waals surface area contributed by atoms with Crippen molar-refractivity contribution in [2.45, 2.75) is 107 Å². The third-order valence-electron chi connectivity index (χ3n) is 6.31. The van der Waals surface area contributed by atoms with Crippen LogP contribution >= 0.6 is 0 Å². The molecule has 0 saturated carbocycles. The van der Waals surface area contributed by atoms with Crippen molar-refractivity contribution in [3.8, 4) is 0 Å². The van der Waals surface area contributed by atoms with Crippen LogP contribution in [0.25, 0.3) is 0 Å². The Kier molecular flexibility index (Phi) is 12.1. The molecule has 0 N–H and O–H groups in total. The molecular formula is C30H46O8S2. The van der Waals surface area contributed by atoms with Gasteiger partial charge in [-0.2, -0.15) is 16.8 Å². The van der Waals surface area contributed by atoms with Gasteiger partial charge < -0.3 is 9.47 Å². The van der Waals surface area contributed by atoms with Gasteiger partial charge in [-0.25, -0.2) is 0 Å². The Hall–Kier alpha value is -1.82. The maximum atomic E-state index is 13.3. The predicted octanol–water partition coefficient (Wildman–Crippen LogP) is 6.69. The highest BCUT2D eigenvalue weighted by atomic mass is 32.2. The number of unbranched alkanes of at least 4 members (excludes halogenated alkanes) is 7. The van der Waals surface area contributed by atoms with Crippen LogP contribution in [0.4, 0.5) is 0 Å². The molecule has 40 heavy (non-hydrogen) atoms. The number of rotatable bonds is 21. The lowest BCUT2D eigenvalue weighted by atomic mass is 10.0. The van der Waals surface area contributed by atoms with Crippen molar-refractivity contribution in [2.75, 3.05) is 20.5 Å². The van der Waals surface area contributed by atoms with Crippen LogP contribution in [0.15, 0.2) is 58.3 Å². The molecule has 0 fully saturated rings. The predicted molar refractivity (Wildman–Crippen MR) is 156 cm³/mol. The summed E-state index contributed by atoms with van der Waals surface area (Å²) < 4.78 is 115. The van der Waals surface area contributed by atoms with E-state index in [1.165, 1.54) is 36.4 Å². The second-order valence-corrected chi connectivity index (χ2v) is 12.9. The lowest BCUT2D eigenvalue weighted by Gasteiger charge is -2.26. The molecule has 0 heterocycles. The van der Waals surface area contributed by atoms with Gasteiger partial charge in [-0.15, -0.1) is 0 Å². The zero-order chi connectivity index (χ0) is 33.7.